The van der Waals surface area contributed by atoms with Gasteiger partial charge in [0.05, 0.1) is 30.4 Å². The van der Waals surface area contributed by atoms with Crippen LogP contribution in [0.4, 0.5) is 15.8 Å². The average Bonchev–Trinajstić information content (AvgIpc) is 3.30. The van der Waals surface area contributed by atoms with Gasteiger partial charge in [0.15, 0.2) is 22.4 Å². The van der Waals surface area contributed by atoms with Crippen LogP contribution in [-0.4, -0.2) is 66.5 Å². The third-order valence-corrected chi connectivity index (χ3v) is 7.84. The molecule has 2 aliphatic heterocycles. The summed E-state index contributed by atoms with van der Waals surface area (Å²) >= 11 is 6.67. The highest BCUT2D eigenvalue weighted by Gasteiger charge is 2.33. The number of hydrogen-bond acceptors (Lipinski definition) is 8. The Bertz CT molecular complexity index is 1570. The second-order valence-electron chi connectivity index (χ2n) is 9.45. The highest BCUT2D eigenvalue weighted by atomic mass is 32.2. The molecule has 12 heteroatoms. The fraction of sp³-hybridized carbons (Fsp3) is 0.226. The molecule has 2 fully saturated rings. The van der Waals surface area contributed by atoms with Crippen LogP contribution in [-0.2, 0) is 14.3 Å². The number of rotatable bonds is 9. The molecular weight excluding hydrogens is 593 g/mol. The topological polar surface area (TPSA) is 97.4 Å². The lowest BCUT2D eigenvalue weighted by molar-refractivity contribution is -0.137. The van der Waals surface area contributed by atoms with Crippen molar-refractivity contribution in [1.29, 1.82) is 0 Å². The molecule has 0 saturated carbocycles. The number of thioether (sulfide) groups is 1. The Balaban J connectivity index is 1.29. The van der Waals surface area contributed by atoms with Gasteiger partial charge < -0.3 is 24.4 Å². The van der Waals surface area contributed by atoms with Crippen molar-refractivity contribution in [2.24, 2.45) is 0 Å². The number of anilines is 2. The third-order valence-electron chi connectivity index (χ3n) is 6.54. The molecule has 0 spiro atoms. The Morgan fingerprint density at radius 1 is 1.05 bits per heavy atom. The van der Waals surface area contributed by atoms with E-state index < -0.39 is 11.7 Å². The molecule has 3 aromatic rings. The van der Waals surface area contributed by atoms with Crippen molar-refractivity contribution in [3.63, 3.8) is 0 Å². The SMILES string of the molecule is CCOc1cc(/C=C2/SC(=S)N(c3cccc(C(=O)Nc4ccc(F)cc4)c3)C2=O)ccc1OCC(=O)N1CCOCC1. The van der Waals surface area contributed by atoms with Crippen molar-refractivity contribution in [1.82, 2.24) is 4.90 Å². The van der Waals surface area contributed by atoms with E-state index in [1.807, 2.05) is 6.92 Å². The molecule has 5 rings (SSSR count). The molecule has 0 aliphatic carbocycles. The second-order valence-corrected chi connectivity index (χ2v) is 11.1. The van der Waals surface area contributed by atoms with Gasteiger partial charge in [-0.05, 0) is 73.2 Å². The lowest BCUT2D eigenvalue weighted by Gasteiger charge is -2.26. The van der Waals surface area contributed by atoms with Gasteiger partial charge in [0.25, 0.3) is 17.7 Å². The van der Waals surface area contributed by atoms with Crippen molar-refractivity contribution in [2.75, 3.05) is 49.7 Å². The van der Waals surface area contributed by atoms with Crippen LogP contribution in [0.2, 0.25) is 0 Å². The zero-order valence-corrected chi connectivity index (χ0v) is 24.8. The molecule has 9 nitrogen and oxygen atoms in total. The van der Waals surface area contributed by atoms with Crippen LogP contribution in [0.5, 0.6) is 11.5 Å². The van der Waals surface area contributed by atoms with E-state index >= 15 is 0 Å². The Kier molecular flexibility index (Phi) is 9.70. The molecule has 3 aromatic carbocycles. The van der Waals surface area contributed by atoms with Crippen molar-refractivity contribution in [3.05, 3.63) is 88.6 Å². The molecule has 2 saturated heterocycles. The molecule has 43 heavy (non-hydrogen) atoms. The first-order valence-corrected chi connectivity index (χ1v) is 14.7. The summed E-state index contributed by atoms with van der Waals surface area (Å²) in [6.45, 7) is 4.18. The van der Waals surface area contributed by atoms with Crippen LogP contribution in [0, 0.1) is 5.82 Å². The van der Waals surface area contributed by atoms with Gasteiger partial charge in [-0.25, -0.2) is 4.39 Å². The van der Waals surface area contributed by atoms with Gasteiger partial charge in [-0.2, -0.15) is 0 Å². The van der Waals surface area contributed by atoms with E-state index in [1.54, 1.807) is 53.4 Å². The lowest BCUT2D eigenvalue weighted by atomic mass is 10.1. The highest BCUT2D eigenvalue weighted by Crippen LogP contribution is 2.37. The van der Waals surface area contributed by atoms with Crippen molar-refractivity contribution in [2.45, 2.75) is 6.92 Å². The molecule has 0 unspecified atom stereocenters. The van der Waals surface area contributed by atoms with Crippen molar-refractivity contribution >= 4 is 63.5 Å². The number of halogens is 1. The molecule has 3 amide bonds. The second kappa shape index (κ2) is 13.8. The normalized spacial score (nSPS) is 16.0. The number of nitrogens with zero attached hydrogens (tertiary/aromatic N) is 2. The Morgan fingerprint density at radius 2 is 1.81 bits per heavy atom. The predicted octanol–water partition coefficient (Wildman–Crippen LogP) is 5.12. The van der Waals surface area contributed by atoms with E-state index in [9.17, 15) is 18.8 Å². The smallest absolute Gasteiger partial charge is 0.270 e. The minimum atomic E-state index is -0.410. The minimum absolute atomic E-state index is 0.126. The van der Waals surface area contributed by atoms with Gasteiger partial charge >= 0.3 is 0 Å². The summed E-state index contributed by atoms with van der Waals surface area (Å²) in [4.78, 5) is 42.2. The van der Waals surface area contributed by atoms with Crippen LogP contribution in [0.25, 0.3) is 6.08 Å². The van der Waals surface area contributed by atoms with Crippen LogP contribution in [0.1, 0.15) is 22.8 Å². The van der Waals surface area contributed by atoms with E-state index in [1.165, 1.54) is 29.2 Å². The van der Waals surface area contributed by atoms with Gasteiger partial charge in [-0.1, -0.05) is 36.1 Å². The molecule has 222 valence electrons. The maximum atomic E-state index is 13.4. The summed E-state index contributed by atoms with van der Waals surface area (Å²) < 4.78 is 30.4. The highest BCUT2D eigenvalue weighted by molar-refractivity contribution is 8.27. The number of benzene rings is 3. The number of nitrogens with one attached hydrogen (secondary N) is 1. The third kappa shape index (κ3) is 7.39. The van der Waals surface area contributed by atoms with E-state index in [-0.39, 0.29) is 18.4 Å². The molecule has 0 bridgehead atoms. The van der Waals surface area contributed by atoms with Crippen molar-refractivity contribution in [3.8, 4) is 11.5 Å². The largest absolute Gasteiger partial charge is 0.490 e. The molecule has 0 aromatic heterocycles. The molecular formula is C31H28FN3O6S2. The molecule has 1 N–H and O–H groups in total. The number of morpholine rings is 1. The van der Waals surface area contributed by atoms with Gasteiger partial charge in [0, 0.05) is 24.3 Å². The van der Waals surface area contributed by atoms with E-state index in [0.29, 0.717) is 76.1 Å². The standard InChI is InChI=1S/C31H28FN3O6S2/c1-2-40-26-16-20(6-11-25(26)41-19-28(36)34-12-14-39-15-13-34)17-27-30(38)35(31(42)43-27)24-5-3-4-21(18-24)29(37)33-23-9-7-22(32)8-10-23/h3-11,16-18H,2,12-15,19H2,1H3,(H,33,37)/b27-17+. The minimum Gasteiger partial charge on any atom is -0.490 e. The van der Waals surface area contributed by atoms with Gasteiger partial charge in [-0.15, -0.1) is 0 Å². The summed E-state index contributed by atoms with van der Waals surface area (Å²) in [6.07, 6.45) is 1.70. The predicted molar refractivity (Wildman–Crippen MR) is 167 cm³/mol. The molecule has 2 aliphatic rings. The maximum Gasteiger partial charge on any atom is 0.270 e. The Morgan fingerprint density at radius 3 is 2.56 bits per heavy atom. The first kappa shape index (κ1) is 30.2. The van der Waals surface area contributed by atoms with E-state index in [0.717, 1.165) is 11.8 Å². The van der Waals surface area contributed by atoms with E-state index in [4.69, 9.17) is 26.4 Å². The maximum absolute atomic E-state index is 13.4. The van der Waals surface area contributed by atoms with Crippen LogP contribution < -0.4 is 19.7 Å². The quantitative estimate of drug-likeness (QED) is 0.260. The summed E-state index contributed by atoms with van der Waals surface area (Å²) in [5, 5.41) is 2.71. The van der Waals surface area contributed by atoms with E-state index in [2.05, 4.69) is 5.32 Å². The number of thiocarbonyl (C=S) groups is 1. The number of carbonyl (C=O) groups is 3. The van der Waals surface area contributed by atoms with Gasteiger partial charge in [0.1, 0.15) is 5.82 Å². The van der Waals surface area contributed by atoms with Crippen LogP contribution in [0.3, 0.4) is 0 Å². The summed E-state index contributed by atoms with van der Waals surface area (Å²) in [7, 11) is 0. The monoisotopic (exact) mass is 621 g/mol. The Labute approximate surface area is 257 Å². The van der Waals surface area contributed by atoms with Crippen LogP contribution >= 0.6 is 24.0 Å². The Hall–Kier alpha value is -4.26. The molecule has 2 heterocycles. The number of carbonyl (C=O) groups excluding carboxylic acids is 3. The summed E-state index contributed by atoms with van der Waals surface area (Å²) in [5.41, 5.74) is 1.88. The summed E-state index contributed by atoms with van der Waals surface area (Å²) in [5.74, 6) is -0.412. The van der Waals surface area contributed by atoms with Crippen molar-refractivity contribution < 1.29 is 33.0 Å². The first-order chi connectivity index (χ1) is 20.8. The number of amides is 3. The fourth-order valence-corrected chi connectivity index (χ4v) is 5.71. The zero-order valence-electron chi connectivity index (χ0n) is 23.2. The first-order valence-electron chi connectivity index (χ1n) is 13.5. The fourth-order valence-electron chi connectivity index (χ4n) is 4.41. The number of hydrogen-bond donors (Lipinski definition) is 1. The van der Waals surface area contributed by atoms with Gasteiger partial charge in [0.2, 0.25) is 0 Å². The number of ether oxygens (including phenoxy) is 3. The zero-order chi connectivity index (χ0) is 30.3. The molecule has 0 atom stereocenters. The van der Waals surface area contributed by atoms with Gasteiger partial charge in [-0.3, -0.25) is 19.3 Å². The average molecular weight is 622 g/mol. The van der Waals surface area contributed by atoms with Crippen LogP contribution in [0.15, 0.2) is 71.6 Å². The molecule has 0 radical (unpaired) electrons. The lowest BCUT2D eigenvalue weighted by Crippen LogP contribution is -2.43. The summed E-state index contributed by atoms with van der Waals surface area (Å²) in [6, 6.07) is 17.2.